The van der Waals surface area contributed by atoms with Gasteiger partial charge in [0, 0.05) is 10.7 Å². The summed E-state index contributed by atoms with van der Waals surface area (Å²) >= 11 is 3.06. The molecule has 0 heterocycles. The number of primary sulfonamides is 1. The maximum Gasteiger partial charge on any atom is 0.266 e. The molecule has 0 radical (unpaired) electrons. The number of halogens is 2. The van der Waals surface area contributed by atoms with Crippen molar-refractivity contribution < 1.29 is 21.6 Å². The predicted octanol–water partition coefficient (Wildman–Crippen LogP) is 3.13. The van der Waals surface area contributed by atoms with Crippen LogP contribution < -0.4 is 9.44 Å². The molecule has 2 rings (SSSR count). The lowest BCUT2D eigenvalue weighted by molar-refractivity contribution is 0.559. The van der Waals surface area contributed by atoms with Crippen molar-refractivity contribution in [2.45, 2.75) is 11.8 Å². The summed E-state index contributed by atoms with van der Waals surface area (Å²) in [5, 5.41) is 5.60. The van der Waals surface area contributed by atoms with E-state index in [1.54, 1.807) is 24.3 Å². The van der Waals surface area contributed by atoms with Gasteiger partial charge in [0.25, 0.3) is 11.3 Å². The van der Waals surface area contributed by atoms with Gasteiger partial charge in [-0.2, -0.15) is 0 Å². The average molecular weight is 405 g/mol. The van der Waals surface area contributed by atoms with Gasteiger partial charge in [-0.15, -0.1) is 0 Å². The third-order valence-corrected chi connectivity index (χ3v) is 5.16. The molecule has 25 heavy (non-hydrogen) atoms. The van der Waals surface area contributed by atoms with E-state index in [9.17, 15) is 21.6 Å². The number of rotatable bonds is 5. The molecule has 134 valence electrons. The lowest BCUT2D eigenvalue weighted by atomic mass is 10.2. The fourth-order valence-electron chi connectivity index (χ4n) is 2.16. The minimum Gasteiger partial charge on any atom is -0.289 e. The molecule has 1 atom stereocenters. The summed E-state index contributed by atoms with van der Waals surface area (Å²) in [6.07, 6.45) is 1.48. The standard InChI is InChI=1S/C15H14ClFN2O4S2/c1-10(9-11-5-7-12(16)8-6-11)19(24(20)21)15-13(17)3-2-4-14(15)25(18,22)23/h2-9H,1H3,(H,20,21)(H2,18,22,23)/b10-9-. The summed E-state index contributed by atoms with van der Waals surface area (Å²) < 4.78 is 59.8. The Labute approximate surface area is 152 Å². The van der Waals surface area contributed by atoms with Crippen LogP contribution in [0.1, 0.15) is 12.5 Å². The Hall–Kier alpha value is -1.78. The normalized spacial score (nSPS) is 13.6. The maximum absolute atomic E-state index is 14.3. The number of allylic oxidation sites excluding steroid dienone is 1. The zero-order valence-corrected chi connectivity index (χ0v) is 15.3. The molecule has 0 aliphatic heterocycles. The molecule has 2 aromatic carbocycles. The highest BCUT2D eigenvalue weighted by Gasteiger charge is 2.27. The topological polar surface area (TPSA) is 101 Å². The SMILES string of the molecule is C/C(=C/c1ccc(Cl)cc1)N(c1c(F)cccc1S(N)(=O)=O)S(=O)O. The van der Waals surface area contributed by atoms with Gasteiger partial charge in [-0.25, -0.2) is 26.5 Å². The van der Waals surface area contributed by atoms with Crippen LogP contribution in [0.4, 0.5) is 10.1 Å². The van der Waals surface area contributed by atoms with Gasteiger partial charge in [0.1, 0.15) is 16.4 Å². The third kappa shape index (κ3) is 4.65. The number of hydrogen-bond acceptors (Lipinski definition) is 3. The van der Waals surface area contributed by atoms with Gasteiger partial charge in [-0.1, -0.05) is 29.8 Å². The van der Waals surface area contributed by atoms with Crippen molar-refractivity contribution in [3.8, 4) is 0 Å². The van der Waals surface area contributed by atoms with Gasteiger partial charge in [-0.05, 0) is 42.8 Å². The number of nitrogens with two attached hydrogens (primary N) is 1. The van der Waals surface area contributed by atoms with E-state index in [1.165, 1.54) is 13.0 Å². The summed E-state index contributed by atoms with van der Waals surface area (Å²) in [5.74, 6) is -1.00. The van der Waals surface area contributed by atoms with Gasteiger partial charge >= 0.3 is 0 Å². The largest absolute Gasteiger partial charge is 0.289 e. The Balaban J connectivity index is 2.64. The van der Waals surface area contributed by atoms with E-state index >= 15 is 0 Å². The lowest BCUT2D eigenvalue weighted by Gasteiger charge is -2.23. The molecule has 0 bridgehead atoms. The van der Waals surface area contributed by atoms with Crippen LogP contribution in [0.15, 0.2) is 53.1 Å². The fraction of sp³-hybridized carbons (Fsp3) is 0.0667. The van der Waals surface area contributed by atoms with Crippen molar-refractivity contribution in [1.29, 1.82) is 0 Å². The zero-order chi connectivity index (χ0) is 18.8. The minimum absolute atomic E-state index is 0.123. The molecule has 0 fully saturated rings. The van der Waals surface area contributed by atoms with Crippen molar-refractivity contribution in [2.75, 3.05) is 4.31 Å². The molecular formula is C15H14ClFN2O4S2. The molecule has 2 aromatic rings. The van der Waals surface area contributed by atoms with Gasteiger partial charge in [0.2, 0.25) is 10.0 Å². The summed E-state index contributed by atoms with van der Waals surface area (Å²) in [6, 6.07) is 9.69. The second-order valence-electron chi connectivity index (χ2n) is 4.99. The smallest absolute Gasteiger partial charge is 0.266 e. The predicted molar refractivity (Wildman–Crippen MR) is 96.1 cm³/mol. The monoisotopic (exact) mass is 404 g/mol. The molecule has 0 saturated carbocycles. The first-order chi connectivity index (χ1) is 11.6. The highest BCUT2D eigenvalue weighted by Crippen LogP contribution is 2.32. The summed E-state index contributed by atoms with van der Waals surface area (Å²) in [4.78, 5) is -0.598. The zero-order valence-electron chi connectivity index (χ0n) is 12.9. The van der Waals surface area contributed by atoms with Gasteiger partial charge in [0.15, 0.2) is 0 Å². The summed E-state index contributed by atoms with van der Waals surface area (Å²) in [6.45, 7) is 1.43. The van der Waals surface area contributed by atoms with Crippen LogP contribution in [0.5, 0.6) is 0 Å². The van der Waals surface area contributed by atoms with Crippen LogP contribution in [0, 0.1) is 5.82 Å². The van der Waals surface area contributed by atoms with E-state index in [0.717, 1.165) is 18.2 Å². The van der Waals surface area contributed by atoms with E-state index < -0.39 is 37.7 Å². The molecule has 3 N–H and O–H groups in total. The molecule has 0 amide bonds. The van der Waals surface area contributed by atoms with Gasteiger partial charge in [0.05, 0.1) is 0 Å². The Bertz CT molecular complexity index is 947. The van der Waals surface area contributed by atoms with E-state index in [-0.39, 0.29) is 5.70 Å². The van der Waals surface area contributed by atoms with Crippen LogP contribution in [0.2, 0.25) is 5.02 Å². The first-order valence-electron chi connectivity index (χ1n) is 6.77. The number of para-hydroxylation sites is 1. The van der Waals surface area contributed by atoms with E-state index in [1.807, 2.05) is 0 Å². The number of benzene rings is 2. The molecule has 6 nitrogen and oxygen atoms in total. The summed E-state index contributed by atoms with van der Waals surface area (Å²) in [5.41, 5.74) is 0.137. The van der Waals surface area contributed by atoms with E-state index in [0.29, 0.717) is 14.9 Å². The van der Waals surface area contributed by atoms with Crippen LogP contribution in [-0.2, 0) is 21.3 Å². The number of anilines is 1. The van der Waals surface area contributed by atoms with Crippen LogP contribution in [-0.4, -0.2) is 17.2 Å². The van der Waals surface area contributed by atoms with E-state index in [2.05, 4.69) is 0 Å². The number of nitrogens with zero attached hydrogens (tertiary/aromatic N) is 1. The van der Waals surface area contributed by atoms with Crippen molar-refractivity contribution >= 4 is 44.7 Å². The molecular weight excluding hydrogens is 391 g/mol. The van der Waals surface area contributed by atoms with Crippen molar-refractivity contribution in [1.82, 2.24) is 0 Å². The van der Waals surface area contributed by atoms with Gasteiger partial charge < -0.3 is 0 Å². The molecule has 10 heteroatoms. The molecule has 1 unspecified atom stereocenters. The van der Waals surface area contributed by atoms with Crippen LogP contribution >= 0.6 is 11.6 Å². The Morgan fingerprint density at radius 2 is 1.88 bits per heavy atom. The van der Waals surface area contributed by atoms with Gasteiger partial charge in [-0.3, -0.25) is 4.55 Å². The Kier molecular flexibility index (Phi) is 5.96. The molecule has 0 aromatic heterocycles. The lowest BCUT2D eigenvalue weighted by Crippen LogP contribution is -2.27. The van der Waals surface area contributed by atoms with Crippen LogP contribution in [0.25, 0.3) is 6.08 Å². The molecule has 0 aliphatic rings. The minimum atomic E-state index is -4.32. The van der Waals surface area contributed by atoms with E-state index in [4.69, 9.17) is 16.7 Å². The fourth-order valence-corrected chi connectivity index (χ4v) is 3.71. The maximum atomic E-state index is 14.3. The number of sulfonamides is 1. The second kappa shape index (κ2) is 7.63. The van der Waals surface area contributed by atoms with Crippen molar-refractivity contribution in [3.63, 3.8) is 0 Å². The third-order valence-electron chi connectivity index (χ3n) is 3.18. The molecule has 0 aliphatic carbocycles. The number of hydrogen-bond donors (Lipinski definition) is 2. The molecule has 0 saturated heterocycles. The summed E-state index contributed by atoms with van der Waals surface area (Å²) in [7, 11) is -4.32. The van der Waals surface area contributed by atoms with Crippen LogP contribution in [0.3, 0.4) is 0 Å². The highest BCUT2D eigenvalue weighted by molar-refractivity contribution is 7.89. The average Bonchev–Trinajstić information content (AvgIpc) is 2.50. The van der Waals surface area contributed by atoms with Crippen molar-refractivity contribution in [3.05, 3.63) is 64.6 Å². The quantitative estimate of drug-likeness (QED) is 0.747. The second-order valence-corrected chi connectivity index (χ2v) is 7.79. The van der Waals surface area contributed by atoms with Crippen molar-refractivity contribution in [2.24, 2.45) is 5.14 Å². The highest BCUT2D eigenvalue weighted by atomic mass is 35.5. The Morgan fingerprint density at radius 1 is 1.28 bits per heavy atom. The molecule has 0 spiro atoms. The first-order valence-corrected chi connectivity index (χ1v) is 9.76. The first kappa shape index (κ1) is 19.5. The Morgan fingerprint density at radius 3 is 2.40 bits per heavy atom.